The Kier molecular flexibility index (Phi) is 6.32. The third kappa shape index (κ3) is 4.55. The Hall–Kier alpha value is -2.89. The Morgan fingerprint density at radius 3 is 2.43 bits per heavy atom. The Balaban J connectivity index is 1.22. The van der Waals surface area contributed by atoms with E-state index in [1.54, 1.807) is 28.0 Å². The van der Waals surface area contributed by atoms with Gasteiger partial charge in [-0.25, -0.2) is 12.8 Å². The molecule has 3 heterocycles. The molecule has 0 aromatic heterocycles. The first-order valence-corrected chi connectivity index (χ1v) is 13.0. The highest BCUT2D eigenvalue weighted by Crippen LogP contribution is 2.36. The number of hydrogen-bond acceptors (Lipinski definition) is 6. The number of amides is 2. The first-order valence-electron chi connectivity index (χ1n) is 11.2. The average Bonchev–Trinajstić information content (AvgIpc) is 3.26. The first kappa shape index (κ1) is 23.8. The quantitative estimate of drug-likeness (QED) is 0.609. The molecule has 3 aliphatic heterocycles. The molecule has 12 heteroatoms. The van der Waals surface area contributed by atoms with Crippen molar-refractivity contribution in [1.82, 2.24) is 9.21 Å². The number of hydrogen-bond donors (Lipinski definition) is 0. The summed E-state index contributed by atoms with van der Waals surface area (Å²) in [6, 6.07) is 8.53. The molecule has 0 bridgehead atoms. The molecule has 2 aromatic rings. The Morgan fingerprint density at radius 2 is 1.71 bits per heavy atom. The van der Waals surface area contributed by atoms with Crippen LogP contribution in [0.15, 0.2) is 41.3 Å². The molecule has 186 valence electrons. The highest BCUT2D eigenvalue weighted by molar-refractivity contribution is 7.89. The van der Waals surface area contributed by atoms with Crippen molar-refractivity contribution in [3.05, 3.63) is 47.2 Å². The molecule has 35 heavy (non-hydrogen) atoms. The Bertz CT molecular complexity index is 1280. The van der Waals surface area contributed by atoms with Gasteiger partial charge in [0.15, 0.2) is 11.5 Å². The number of carbonyl (C=O) groups is 2. The molecule has 1 unspecified atom stereocenters. The minimum atomic E-state index is -3.87. The van der Waals surface area contributed by atoms with E-state index in [4.69, 9.17) is 21.1 Å². The normalized spacial score (nSPS) is 20.9. The summed E-state index contributed by atoms with van der Waals surface area (Å²) in [6.07, 6.45) is 0.0832. The third-order valence-electron chi connectivity index (χ3n) is 6.39. The SMILES string of the molecule is O=C(C1CC(=O)N(c2ccc3c(c2)OCCO3)C1)N1CCN(S(=O)(=O)c2ccc(F)c(Cl)c2)CC1. The van der Waals surface area contributed by atoms with Crippen LogP contribution in [0.4, 0.5) is 10.1 Å². The van der Waals surface area contributed by atoms with Gasteiger partial charge in [-0.05, 0) is 30.3 Å². The number of sulfonamides is 1. The summed E-state index contributed by atoms with van der Waals surface area (Å²) >= 11 is 5.74. The number of anilines is 1. The molecule has 0 aliphatic carbocycles. The zero-order chi connectivity index (χ0) is 24.7. The molecule has 9 nitrogen and oxygen atoms in total. The molecule has 0 N–H and O–H groups in total. The van der Waals surface area contributed by atoms with Crippen LogP contribution in [0.2, 0.25) is 5.02 Å². The van der Waals surface area contributed by atoms with Crippen molar-refractivity contribution in [2.24, 2.45) is 5.92 Å². The van der Waals surface area contributed by atoms with Crippen molar-refractivity contribution < 1.29 is 31.9 Å². The number of fused-ring (bicyclic) bond motifs is 1. The van der Waals surface area contributed by atoms with Gasteiger partial charge in [0.05, 0.1) is 15.8 Å². The van der Waals surface area contributed by atoms with Crippen molar-refractivity contribution in [3.63, 3.8) is 0 Å². The molecule has 2 amide bonds. The fraction of sp³-hybridized carbons (Fsp3) is 0.391. The van der Waals surface area contributed by atoms with E-state index < -0.39 is 21.8 Å². The van der Waals surface area contributed by atoms with E-state index in [-0.39, 0.29) is 60.9 Å². The highest BCUT2D eigenvalue weighted by atomic mass is 35.5. The highest BCUT2D eigenvalue weighted by Gasteiger charge is 2.39. The van der Waals surface area contributed by atoms with Crippen molar-refractivity contribution in [3.8, 4) is 11.5 Å². The van der Waals surface area contributed by atoms with Crippen molar-refractivity contribution in [2.45, 2.75) is 11.3 Å². The predicted molar refractivity (Wildman–Crippen MR) is 125 cm³/mol. The van der Waals surface area contributed by atoms with Gasteiger partial charge < -0.3 is 19.3 Å². The summed E-state index contributed by atoms with van der Waals surface area (Å²) in [5, 5.41) is -0.270. The third-order valence-corrected chi connectivity index (χ3v) is 8.58. The van der Waals surface area contributed by atoms with E-state index in [0.717, 1.165) is 12.1 Å². The maximum Gasteiger partial charge on any atom is 0.243 e. The number of carbonyl (C=O) groups excluding carboxylic acids is 2. The predicted octanol–water partition coefficient (Wildman–Crippen LogP) is 2.14. The molecule has 2 saturated heterocycles. The molecular formula is C23H23ClFN3O6S. The van der Waals surface area contributed by atoms with Crippen molar-refractivity contribution >= 4 is 39.1 Å². The van der Waals surface area contributed by atoms with Crippen molar-refractivity contribution in [2.75, 3.05) is 50.8 Å². The molecule has 3 aliphatic rings. The summed E-state index contributed by atoms with van der Waals surface area (Å²) in [6.45, 7) is 1.72. The topological polar surface area (TPSA) is 96.5 Å². The second-order valence-corrected chi connectivity index (χ2v) is 10.9. The van der Waals surface area contributed by atoms with E-state index in [9.17, 15) is 22.4 Å². The van der Waals surface area contributed by atoms with E-state index in [2.05, 4.69) is 0 Å². The molecule has 0 saturated carbocycles. The Morgan fingerprint density at radius 1 is 1.00 bits per heavy atom. The van der Waals surface area contributed by atoms with Gasteiger partial charge in [-0.2, -0.15) is 4.31 Å². The number of ether oxygens (including phenoxy) is 2. The fourth-order valence-corrected chi connectivity index (χ4v) is 6.21. The minimum absolute atomic E-state index is 0.0832. The van der Waals surface area contributed by atoms with Crippen LogP contribution in [-0.4, -0.2) is 75.4 Å². The van der Waals surface area contributed by atoms with Crippen LogP contribution >= 0.6 is 11.6 Å². The van der Waals surface area contributed by atoms with Gasteiger partial charge in [-0.1, -0.05) is 11.6 Å². The summed E-state index contributed by atoms with van der Waals surface area (Å²) in [5.74, 6) is -0.368. The zero-order valence-electron chi connectivity index (χ0n) is 18.7. The molecule has 2 aromatic carbocycles. The van der Waals surface area contributed by atoms with Gasteiger partial charge in [0.25, 0.3) is 0 Å². The number of benzene rings is 2. The van der Waals surface area contributed by atoms with Gasteiger partial charge in [0.2, 0.25) is 21.8 Å². The van der Waals surface area contributed by atoms with Crippen LogP contribution in [0.25, 0.3) is 0 Å². The van der Waals surface area contributed by atoms with E-state index in [0.29, 0.717) is 30.4 Å². The molecule has 5 rings (SSSR count). The van der Waals surface area contributed by atoms with Crippen molar-refractivity contribution in [1.29, 1.82) is 0 Å². The lowest BCUT2D eigenvalue weighted by Crippen LogP contribution is -2.52. The molecule has 0 spiro atoms. The fourth-order valence-electron chi connectivity index (χ4n) is 4.52. The van der Waals surface area contributed by atoms with E-state index in [1.165, 1.54) is 10.4 Å². The van der Waals surface area contributed by atoms with E-state index in [1.807, 2.05) is 0 Å². The molecule has 2 fully saturated rings. The standard InChI is InChI=1S/C23H23ClFN3O6S/c24-18-13-17(2-3-19(18)25)35(31,32)27-7-5-26(6-8-27)23(30)15-11-22(29)28(14-15)16-1-4-20-21(12-16)34-10-9-33-20/h1-4,12-13,15H,5-11,14H2. The number of rotatable bonds is 4. The van der Waals surface area contributed by atoms with Gasteiger partial charge in [-0.15, -0.1) is 0 Å². The van der Waals surface area contributed by atoms with Gasteiger partial charge >= 0.3 is 0 Å². The molecule has 1 atom stereocenters. The lowest BCUT2D eigenvalue weighted by Gasteiger charge is -2.35. The van der Waals surface area contributed by atoms with Crippen LogP contribution in [0, 0.1) is 11.7 Å². The first-order chi connectivity index (χ1) is 16.7. The van der Waals surface area contributed by atoms with Gasteiger partial charge in [0.1, 0.15) is 19.0 Å². The van der Waals surface area contributed by atoms with Crippen LogP contribution < -0.4 is 14.4 Å². The summed E-state index contributed by atoms with van der Waals surface area (Å²) in [7, 11) is -3.87. The van der Waals surface area contributed by atoms with Crippen LogP contribution in [0.3, 0.4) is 0 Å². The average molecular weight is 524 g/mol. The lowest BCUT2D eigenvalue weighted by atomic mass is 10.1. The van der Waals surface area contributed by atoms with Crippen LogP contribution in [0.5, 0.6) is 11.5 Å². The zero-order valence-corrected chi connectivity index (χ0v) is 20.2. The smallest absolute Gasteiger partial charge is 0.243 e. The van der Waals surface area contributed by atoms with E-state index >= 15 is 0 Å². The summed E-state index contributed by atoms with van der Waals surface area (Å²) in [5.41, 5.74) is 0.642. The second kappa shape index (κ2) is 9.29. The maximum atomic E-state index is 13.4. The molecular weight excluding hydrogens is 501 g/mol. The number of halogens is 2. The summed E-state index contributed by atoms with van der Waals surface area (Å²) in [4.78, 5) is 28.9. The van der Waals surface area contributed by atoms with Crippen LogP contribution in [-0.2, 0) is 19.6 Å². The van der Waals surface area contributed by atoms with Gasteiger partial charge in [-0.3, -0.25) is 9.59 Å². The number of nitrogens with zero attached hydrogens (tertiary/aromatic N) is 3. The largest absolute Gasteiger partial charge is 0.486 e. The lowest BCUT2D eigenvalue weighted by molar-refractivity contribution is -0.136. The van der Waals surface area contributed by atoms with Crippen LogP contribution in [0.1, 0.15) is 6.42 Å². The number of piperazine rings is 1. The summed E-state index contributed by atoms with van der Waals surface area (Å²) < 4.78 is 51.6. The Labute approximate surface area is 207 Å². The monoisotopic (exact) mass is 523 g/mol. The molecule has 0 radical (unpaired) electrons. The second-order valence-electron chi connectivity index (χ2n) is 8.54. The minimum Gasteiger partial charge on any atom is -0.486 e. The maximum absolute atomic E-state index is 13.4. The van der Waals surface area contributed by atoms with Gasteiger partial charge in [0, 0.05) is 50.9 Å².